The number of nitrogens with one attached hydrogen (secondary N) is 1. The molecule has 21 heavy (non-hydrogen) atoms. The zero-order valence-electron chi connectivity index (χ0n) is 11.7. The Kier molecular flexibility index (Phi) is 5.34. The Balaban J connectivity index is 1.82. The lowest BCUT2D eigenvalue weighted by atomic mass is 10.2. The summed E-state index contributed by atoms with van der Waals surface area (Å²) < 4.78 is 10.5. The molecular weight excluding hydrogens is 268 g/mol. The zero-order chi connectivity index (χ0) is 14.9. The number of carbonyl (C=O) groups is 1. The molecule has 5 heteroatoms. The topological polar surface area (TPSA) is 59.9 Å². The average molecular weight is 284 g/mol. The first kappa shape index (κ1) is 14.6. The minimum absolute atomic E-state index is 0.0900. The van der Waals surface area contributed by atoms with E-state index < -0.39 is 0 Å². The molecule has 108 valence electrons. The van der Waals surface area contributed by atoms with E-state index in [1.54, 1.807) is 19.2 Å². The first-order chi connectivity index (χ1) is 10.3. The van der Waals surface area contributed by atoms with Gasteiger partial charge in [0.05, 0.1) is 13.3 Å². The molecule has 2 rings (SSSR count). The fraction of sp³-hybridized carbons (Fsp3) is 0.125. The third-order valence-corrected chi connectivity index (χ3v) is 2.64. The van der Waals surface area contributed by atoms with E-state index in [1.807, 2.05) is 42.5 Å². The lowest BCUT2D eigenvalue weighted by Crippen LogP contribution is -2.24. The van der Waals surface area contributed by atoms with Crippen LogP contribution in [0.3, 0.4) is 0 Å². The molecule has 0 fully saturated rings. The van der Waals surface area contributed by atoms with Crippen LogP contribution in [0, 0.1) is 0 Å². The van der Waals surface area contributed by atoms with Crippen LogP contribution >= 0.6 is 0 Å². The van der Waals surface area contributed by atoms with Gasteiger partial charge in [-0.1, -0.05) is 30.3 Å². The molecule has 0 unspecified atom stereocenters. The summed E-state index contributed by atoms with van der Waals surface area (Å²) in [5.74, 6) is 1.00. The molecule has 2 aromatic carbocycles. The lowest BCUT2D eigenvalue weighted by Gasteiger charge is -2.05. The van der Waals surface area contributed by atoms with Gasteiger partial charge in [0.1, 0.15) is 11.5 Å². The van der Waals surface area contributed by atoms with Crippen molar-refractivity contribution >= 4 is 12.1 Å². The van der Waals surface area contributed by atoms with Gasteiger partial charge in [0.2, 0.25) is 0 Å². The Hall–Kier alpha value is -2.82. The summed E-state index contributed by atoms with van der Waals surface area (Å²) >= 11 is 0. The summed E-state index contributed by atoms with van der Waals surface area (Å²) in [5, 5.41) is 3.88. The summed E-state index contributed by atoms with van der Waals surface area (Å²) in [6.45, 7) is -0.0900. The molecule has 0 aliphatic rings. The molecule has 0 spiro atoms. The van der Waals surface area contributed by atoms with Gasteiger partial charge in [0.15, 0.2) is 6.61 Å². The summed E-state index contributed by atoms with van der Waals surface area (Å²) in [6, 6.07) is 16.5. The maximum absolute atomic E-state index is 11.6. The van der Waals surface area contributed by atoms with Crippen molar-refractivity contribution in [1.29, 1.82) is 0 Å². The van der Waals surface area contributed by atoms with E-state index in [9.17, 15) is 4.79 Å². The molecule has 0 saturated carbocycles. The minimum atomic E-state index is -0.329. The van der Waals surface area contributed by atoms with Crippen molar-refractivity contribution in [2.75, 3.05) is 13.7 Å². The van der Waals surface area contributed by atoms with Gasteiger partial charge >= 0.3 is 0 Å². The minimum Gasteiger partial charge on any atom is -0.496 e. The molecule has 0 radical (unpaired) electrons. The molecule has 2 aromatic rings. The standard InChI is InChI=1S/C16H16N2O3/c1-20-15-10-6-5-7-13(15)11-17-18-16(19)12-21-14-8-3-2-4-9-14/h2-11H,12H2,1H3,(H,18,19). The van der Waals surface area contributed by atoms with Crippen molar-refractivity contribution in [3.05, 3.63) is 60.2 Å². The van der Waals surface area contributed by atoms with E-state index in [1.165, 1.54) is 6.21 Å². The van der Waals surface area contributed by atoms with Crippen LogP contribution in [0.25, 0.3) is 0 Å². The number of benzene rings is 2. The Morgan fingerprint density at radius 3 is 2.62 bits per heavy atom. The Bertz CT molecular complexity index is 612. The SMILES string of the molecule is COc1ccccc1C=NNC(=O)COc1ccccc1. The molecule has 1 N–H and O–H groups in total. The van der Waals surface area contributed by atoms with E-state index in [0.29, 0.717) is 11.5 Å². The average Bonchev–Trinajstić information content (AvgIpc) is 2.54. The van der Waals surface area contributed by atoms with Crippen molar-refractivity contribution < 1.29 is 14.3 Å². The molecule has 1 amide bonds. The Morgan fingerprint density at radius 1 is 1.14 bits per heavy atom. The normalized spacial score (nSPS) is 10.3. The number of ether oxygens (including phenoxy) is 2. The van der Waals surface area contributed by atoms with Gasteiger partial charge < -0.3 is 9.47 Å². The number of nitrogens with zero attached hydrogens (tertiary/aromatic N) is 1. The van der Waals surface area contributed by atoms with Crippen molar-refractivity contribution in [2.24, 2.45) is 5.10 Å². The van der Waals surface area contributed by atoms with Crippen LogP contribution in [0.5, 0.6) is 11.5 Å². The van der Waals surface area contributed by atoms with Crippen LogP contribution in [-0.2, 0) is 4.79 Å². The molecule has 5 nitrogen and oxygen atoms in total. The smallest absolute Gasteiger partial charge is 0.277 e. The number of methoxy groups -OCH3 is 1. The van der Waals surface area contributed by atoms with Gasteiger partial charge in [-0.2, -0.15) is 5.10 Å². The van der Waals surface area contributed by atoms with Crippen LogP contribution in [0.1, 0.15) is 5.56 Å². The number of hydrazone groups is 1. The van der Waals surface area contributed by atoms with E-state index in [4.69, 9.17) is 9.47 Å². The van der Waals surface area contributed by atoms with Crippen molar-refractivity contribution in [3.63, 3.8) is 0 Å². The number of amides is 1. The van der Waals surface area contributed by atoms with Gasteiger partial charge in [-0.3, -0.25) is 4.79 Å². The van der Waals surface area contributed by atoms with E-state index >= 15 is 0 Å². The zero-order valence-corrected chi connectivity index (χ0v) is 11.7. The van der Waals surface area contributed by atoms with Crippen LogP contribution in [-0.4, -0.2) is 25.8 Å². The monoisotopic (exact) mass is 284 g/mol. The second kappa shape index (κ2) is 7.69. The van der Waals surface area contributed by atoms with Gasteiger partial charge in [0, 0.05) is 5.56 Å². The van der Waals surface area contributed by atoms with Crippen LogP contribution in [0.2, 0.25) is 0 Å². The quantitative estimate of drug-likeness (QED) is 0.653. The highest BCUT2D eigenvalue weighted by molar-refractivity contribution is 5.85. The van der Waals surface area contributed by atoms with Crippen molar-refractivity contribution in [1.82, 2.24) is 5.43 Å². The van der Waals surface area contributed by atoms with Crippen molar-refractivity contribution in [3.8, 4) is 11.5 Å². The maximum Gasteiger partial charge on any atom is 0.277 e. The molecule has 0 heterocycles. The highest BCUT2D eigenvalue weighted by atomic mass is 16.5. The van der Waals surface area contributed by atoms with Crippen molar-refractivity contribution in [2.45, 2.75) is 0 Å². The molecular formula is C16H16N2O3. The Morgan fingerprint density at radius 2 is 1.86 bits per heavy atom. The summed E-state index contributed by atoms with van der Waals surface area (Å²) in [5.41, 5.74) is 3.18. The van der Waals surface area contributed by atoms with Crippen LogP contribution < -0.4 is 14.9 Å². The number of para-hydroxylation sites is 2. The first-order valence-electron chi connectivity index (χ1n) is 6.42. The number of carbonyl (C=O) groups excluding carboxylic acids is 1. The molecule has 0 atom stereocenters. The third kappa shape index (κ3) is 4.65. The molecule has 0 aliphatic heterocycles. The van der Waals surface area contributed by atoms with Crippen LogP contribution in [0.4, 0.5) is 0 Å². The second-order valence-electron chi connectivity index (χ2n) is 4.14. The number of hydrogen-bond acceptors (Lipinski definition) is 4. The van der Waals surface area contributed by atoms with Gasteiger partial charge in [-0.05, 0) is 24.3 Å². The predicted molar refractivity (Wildman–Crippen MR) is 80.7 cm³/mol. The first-order valence-corrected chi connectivity index (χ1v) is 6.42. The van der Waals surface area contributed by atoms with Gasteiger partial charge in [-0.15, -0.1) is 0 Å². The second-order valence-corrected chi connectivity index (χ2v) is 4.14. The summed E-state index contributed by atoms with van der Waals surface area (Å²) in [7, 11) is 1.58. The predicted octanol–water partition coefficient (Wildman–Crippen LogP) is 2.22. The number of rotatable bonds is 6. The Labute approximate surface area is 123 Å². The van der Waals surface area contributed by atoms with Gasteiger partial charge in [-0.25, -0.2) is 5.43 Å². The molecule has 0 saturated heterocycles. The highest BCUT2D eigenvalue weighted by Gasteiger charge is 2.01. The summed E-state index contributed by atoms with van der Waals surface area (Å²) in [4.78, 5) is 11.6. The van der Waals surface area contributed by atoms with E-state index in [0.717, 1.165) is 5.56 Å². The molecule has 0 bridgehead atoms. The summed E-state index contributed by atoms with van der Waals surface area (Å²) in [6.07, 6.45) is 1.53. The highest BCUT2D eigenvalue weighted by Crippen LogP contribution is 2.14. The third-order valence-electron chi connectivity index (χ3n) is 2.64. The van der Waals surface area contributed by atoms with E-state index in [2.05, 4.69) is 10.5 Å². The fourth-order valence-electron chi connectivity index (χ4n) is 1.64. The fourth-order valence-corrected chi connectivity index (χ4v) is 1.64. The largest absolute Gasteiger partial charge is 0.496 e. The molecule has 0 aromatic heterocycles. The van der Waals surface area contributed by atoms with Gasteiger partial charge in [0.25, 0.3) is 5.91 Å². The van der Waals surface area contributed by atoms with Crippen LogP contribution in [0.15, 0.2) is 59.7 Å². The molecule has 0 aliphatic carbocycles. The van der Waals surface area contributed by atoms with E-state index in [-0.39, 0.29) is 12.5 Å². The lowest BCUT2D eigenvalue weighted by molar-refractivity contribution is -0.123. The number of hydrogen-bond donors (Lipinski definition) is 1. The maximum atomic E-state index is 11.6.